The van der Waals surface area contributed by atoms with Gasteiger partial charge in [-0.3, -0.25) is 0 Å². The summed E-state index contributed by atoms with van der Waals surface area (Å²) in [5.41, 5.74) is 1.22. The van der Waals surface area contributed by atoms with E-state index in [0.29, 0.717) is 12.0 Å². The lowest BCUT2D eigenvalue weighted by Gasteiger charge is -2.35. The summed E-state index contributed by atoms with van der Waals surface area (Å²) in [7, 11) is 3.39. The van der Waals surface area contributed by atoms with E-state index >= 15 is 0 Å². The molecule has 1 aliphatic carbocycles. The Morgan fingerprint density at radius 2 is 2.05 bits per heavy atom. The molecule has 1 N–H and O–H groups in total. The van der Waals surface area contributed by atoms with Crippen LogP contribution in [0, 0.1) is 5.92 Å². The van der Waals surface area contributed by atoms with Gasteiger partial charge in [0, 0.05) is 11.6 Å². The maximum atomic E-state index is 5.60. The molecule has 0 amide bonds. The summed E-state index contributed by atoms with van der Waals surface area (Å²) in [6.07, 6.45) is 3.93. The maximum absolute atomic E-state index is 5.60. The molecule has 3 nitrogen and oxygen atoms in total. The molecular formula is C15H22BrNO2. The van der Waals surface area contributed by atoms with Crippen molar-refractivity contribution in [2.24, 2.45) is 5.92 Å². The average Bonchev–Trinajstić information content (AvgIpc) is 2.35. The van der Waals surface area contributed by atoms with Crippen LogP contribution in [0.25, 0.3) is 0 Å². The summed E-state index contributed by atoms with van der Waals surface area (Å²) in [5.74, 6) is 2.41. The fourth-order valence-electron chi connectivity index (χ4n) is 2.69. The Labute approximate surface area is 123 Å². The van der Waals surface area contributed by atoms with Crippen LogP contribution in [0.5, 0.6) is 11.5 Å². The van der Waals surface area contributed by atoms with Gasteiger partial charge in [0.05, 0.1) is 14.2 Å². The minimum absolute atomic E-state index is 0.371. The van der Waals surface area contributed by atoms with Crippen LogP contribution >= 0.6 is 15.9 Å². The summed E-state index contributed by atoms with van der Waals surface area (Å²) < 4.78 is 11.8. The molecule has 1 unspecified atom stereocenters. The van der Waals surface area contributed by atoms with Gasteiger partial charge in [-0.25, -0.2) is 0 Å². The van der Waals surface area contributed by atoms with E-state index in [9.17, 15) is 0 Å². The van der Waals surface area contributed by atoms with Gasteiger partial charge in [-0.1, -0.05) is 13.3 Å². The molecule has 0 aromatic heterocycles. The first-order valence-corrected chi connectivity index (χ1v) is 7.66. The molecule has 0 aliphatic heterocycles. The third-order valence-corrected chi connectivity index (χ3v) is 4.65. The van der Waals surface area contributed by atoms with Crippen molar-refractivity contribution in [3.8, 4) is 11.5 Å². The average molecular weight is 328 g/mol. The van der Waals surface area contributed by atoms with Gasteiger partial charge in [0.2, 0.25) is 0 Å². The number of halogens is 1. The smallest absolute Gasteiger partial charge is 0.141 e. The zero-order valence-electron chi connectivity index (χ0n) is 11.8. The normalized spacial score (nSPS) is 16.8. The van der Waals surface area contributed by atoms with Gasteiger partial charge in [0.1, 0.15) is 16.0 Å². The third kappa shape index (κ3) is 2.90. The second-order valence-corrected chi connectivity index (χ2v) is 5.72. The predicted molar refractivity (Wildman–Crippen MR) is 81.0 cm³/mol. The summed E-state index contributed by atoms with van der Waals surface area (Å²) in [6.45, 7) is 3.12. The maximum Gasteiger partial charge on any atom is 0.141 e. The molecule has 19 heavy (non-hydrogen) atoms. The predicted octanol–water partition coefficient (Wildman–Crippen LogP) is 3.92. The zero-order valence-corrected chi connectivity index (χ0v) is 13.4. The Balaban J connectivity index is 2.37. The van der Waals surface area contributed by atoms with E-state index in [1.165, 1.54) is 24.8 Å². The van der Waals surface area contributed by atoms with Gasteiger partial charge in [0.25, 0.3) is 0 Å². The zero-order chi connectivity index (χ0) is 13.8. The Morgan fingerprint density at radius 1 is 1.32 bits per heavy atom. The summed E-state index contributed by atoms with van der Waals surface area (Å²) >= 11 is 3.58. The van der Waals surface area contributed by atoms with Gasteiger partial charge in [-0.15, -0.1) is 0 Å². The van der Waals surface area contributed by atoms with Crippen molar-refractivity contribution in [2.45, 2.75) is 32.2 Å². The van der Waals surface area contributed by atoms with Crippen LogP contribution in [-0.2, 0) is 0 Å². The first kappa shape index (κ1) is 14.7. The molecule has 1 atom stereocenters. The van der Waals surface area contributed by atoms with Crippen molar-refractivity contribution >= 4 is 15.9 Å². The molecule has 0 saturated heterocycles. The van der Waals surface area contributed by atoms with Gasteiger partial charge in [0.15, 0.2) is 0 Å². The van der Waals surface area contributed by atoms with Crippen molar-refractivity contribution in [1.82, 2.24) is 5.32 Å². The lowest BCUT2D eigenvalue weighted by molar-refractivity contribution is 0.228. The summed E-state index contributed by atoms with van der Waals surface area (Å²) in [5, 5.41) is 3.60. The van der Waals surface area contributed by atoms with Crippen LogP contribution in [0.15, 0.2) is 16.6 Å². The number of rotatable bonds is 6. The highest BCUT2D eigenvalue weighted by atomic mass is 79.9. The van der Waals surface area contributed by atoms with Crippen LogP contribution in [0.3, 0.4) is 0 Å². The second kappa shape index (κ2) is 6.62. The second-order valence-electron chi connectivity index (χ2n) is 4.93. The molecule has 106 valence electrons. The topological polar surface area (TPSA) is 30.5 Å². The summed E-state index contributed by atoms with van der Waals surface area (Å²) in [4.78, 5) is 0. The van der Waals surface area contributed by atoms with Crippen LogP contribution < -0.4 is 14.8 Å². The van der Waals surface area contributed by atoms with Crippen molar-refractivity contribution < 1.29 is 9.47 Å². The molecule has 0 heterocycles. The molecule has 1 saturated carbocycles. The highest BCUT2D eigenvalue weighted by molar-refractivity contribution is 9.10. The molecule has 1 aromatic rings. The highest BCUT2D eigenvalue weighted by Gasteiger charge is 2.30. The molecule has 2 rings (SSSR count). The van der Waals surface area contributed by atoms with E-state index in [4.69, 9.17) is 9.47 Å². The Bertz CT molecular complexity index is 432. The van der Waals surface area contributed by atoms with E-state index < -0.39 is 0 Å². The van der Waals surface area contributed by atoms with Crippen LogP contribution in [0.2, 0.25) is 0 Å². The number of hydrogen-bond acceptors (Lipinski definition) is 3. The largest absolute Gasteiger partial charge is 0.495 e. The van der Waals surface area contributed by atoms with Crippen molar-refractivity contribution in [2.75, 3.05) is 20.8 Å². The minimum atomic E-state index is 0.371. The van der Waals surface area contributed by atoms with Crippen LogP contribution in [0.1, 0.15) is 37.8 Å². The monoisotopic (exact) mass is 327 g/mol. The van der Waals surface area contributed by atoms with E-state index in [-0.39, 0.29) is 0 Å². The molecule has 0 spiro atoms. The lowest BCUT2D eigenvalue weighted by atomic mass is 9.77. The SMILES string of the molecule is CCNC(c1ccc(OC)c(Br)c1OC)C1CCC1. The van der Waals surface area contributed by atoms with Gasteiger partial charge in [-0.2, -0.15) is 0 Å². The Kier molecular flexibility index (Phi) is 5.11. The number of methoxy groups -OCH3 is 2. The van der Waals surface area contributed by atoms with E-state index in [2.05, 4.69) is 34.2 Å². The van der Waals surface area contributed by atoms with E-state index in [1.807, 2.05) is 6.07 Å². The fraction of sp³-hybridized carbons (Fsp3) is 0.600. The lowest BCUT2D eigenvalue weighted by Crippen LogP contribution is -2.32. The Morgan fingerprint density at radius 3 is 2.53 bits per heavy atom. The third-order valence-electron chi connectivity index (χ3n) is 3.90. The molecule has 4 heteroatoms. The molecule has 1 aliphatic rings. The molecule has 1 fully saturated rings. The van der Waals surface area contributed by atoms with Gasteiger partial charge >= 0.3 is 0 Å². The minimum Gasteiger partial charge on any atom is -0.495 e. The highest BCUT2D eigenvalue weighted by Crippen LogP contribution is 2.45. The van der Waals surface area contributed by atoms with E-state index in [0.717, 1.165) is 22.5 Å². The van der Waals surface area contributed by atoms with Crippen LogP contribution in [0.4, 0.5) is 0 Å². The standard InChI is InChI=1S/C15H22BrNO2/c1-4-17-14(10-6-5-7-10)11-8-9-12(18-2)13(16)15(11)19-3/h8-10,14,17H,4-7H2,1-3H3. The fourth-order valence-corrected chi connectivity index (χ4v) is 3.37. The number of hydrogen-bond donors (Lipinski definition) is 1. The van der Waals surface area contributed by atoms with E-state index in [1.54, 1.807) is 14.2 Å². The van der Waals surface area contributed by atoms with Crippen LogP contribution in [-0.4, -0.2) is 20.8 Å². The molecule has 0 radical (unpaired) electrons. The van der Waals surface area contributed by atoms with Gasteiger partial charge in [-0.05, 0) is 53.4 Å². The molecule has 0 bridgehead atoms. The molecular weight excluding hydrogens is 306 g/mol. The summed E-state index contributed by atoms with van der Waals surface area (Å²) in [6, 6.07) is 4.50. The number of nitrogens with one attached hydrogen (secondary N) is 1. The first-order valence-electron chi connectivity index (χ1n) is 6.86. The number of benzene rings is 1. The Hall–Kier alpha value is -0.740. The molecule has 1 aromatic carbocycles. The number of ether oxygens (including phenoxy) is 2. The first-order chi connectivity index (χ1) is 9.22. The quantitative estimate of drug-likeness (QED) is 0.859. The van der Waals surface area contributed by atoms with Gasteiger partial charge < -0.3 is 14.8 Å². The van der Waals surface area contributed by atoms with Crippen molar-refractivity contribution in [3.05, 3.63) is 22.2 Å². The van der Waals surface area contributed by atoms with Crippen molar-refractivity contribution in [3.63, 3.8) is 0 Å². The van der Waals surface area contributed by atoms with Crippen molar-refractivity contribution in [1.29, 1.82) is 0 Å².